The van der Waals surface area contributed by atoms with Crippen molar-refractivity contribution >= 4 is 27.3 Å². The van der Waals surface area contributed by atoms with Crippen LogP contribution in [0.25, 0.3) is 0 Å². The molecule has 0 bridgehead atoms. The minimum absolute atomic E-state index is 0.269. The smallest absolute Gasteiger partial charge is 0.255 e. The quantitative estimate of drug-likeness (QED) is 0.610. The van der Waals surface area contributed by atoms with Gasteiger partial charge in [0, 0.05) is 37.4 Å². The summed E-state index contributed by atoms with van der Waals surface area (Å²) in [7, 11) is -3.71. The van der Waals surface area contributed by atoms with Crippen molar-refractivity contribution < 1.29 is 13.2 Å². The highest BCUT2D eigenvalue weighted by Crippen LogP contribution is 2.32. The third-order valence-corrected chi connectivity index (χ3v) is 9.00. The number of rotatable bonds is 5. The fraction of sp³-hybridized carbons (Fsp3) is 0.519. The van der Waals surface area contributed by atoms with Crippen molar-refractivity contribution in [2.24, 2.45) is 0 Å². The molecule has 0 aliphatic carbocycles. The number of anilines is 2. The van der Waals surface area contributed by atoms with Crippen LogP contribution in [0, 0.1) is 13.8 Å². The van der Waals surface area contributed by atoms with E-state index in [4.69, 9.17) is 0 Å². The first-order valence-electron chi connectivity index (χ1n) is 12.6. The Morgan fingerprint density at radius 3 is 1.94 bits per heavy atom. The maximum atomic E-state index is 13.9. The summed E-state index contributed by atoms with van der Waals surface area (Å²) in [6.45, 7) is 6.69. The average Bonchev–Trinajstić information content (AvgIpc) is 3.27. The van der Waals surface area contributed by atoms with Gasteiger partial charge in [-0.25, -0.2) is 8.42 Å². The van der Waals surface area contributed by atoms with E-state index in [1.54, 1.807) is 16.4 Å². The summed E-state index contributed by atoms with van der Waals surface area (Å²) >= 11 is 0. The Balaban J connectivity index is 1.73. The largest absolute Gasteiger partial charge is 0.370 e. The minimum Gasteiger partial charge on any atom is -0.370 e. The van der Waals surface area contributed by atoms with Crippen molar-refractivity contribution in [2.45, 2.75) is 70.1 Å². The fourth-order valence-electron chi connectivity index (χ4n) is 5.05. The summed E-state index contributed by atoms with van der Waals surface area (Å²) in [5, 5.41) is 3.01. The lowest BCUT2D eigenvalue weighted by Crippen LogP contribution is -2.34. The molecular formula is C27H37N3O3S. The number of amides is 1. The maximum absolute atomic E-state index is 13.9. The van der Waals surface area contributed by atoms with Crippen molar-refractivity contribution in [3.05, 3.63) is 53.1 Å². The van der Waals surface area contributed by atoms with E-state index in [1.165, 1.54) is 12.8 Å². The first-order valence-corrected chi connectivity index (χ1v) is 14.1. The number of nitrogens with zero attached hydrogens (tertiary/aromatic N) is 2. The number of sulfonamides is 1. The van der Waals surface area contributed by atoms with Crippen molar-refractivity contribution in [1.29, 1.82) is 0 Å². The van der Waals surface area contributed by atoms with Crippen LogP contribution in [-0.2, 0) is 10.0 Å². The third-order valence-electron chi connectivity index (χ3n) is 7.07. The van der Waals surface area contributed by atoms with Crippen LogP contribution in [0.4, 0.5) is 11.4 Å². The molecule has 0 saturated carbocycles. The molecule has 0 spiro atoms. The van der Waals surface area contributed by atoms with Crippen LogP contribution in [-0.4, -0.2) is 44.8 Å². The molecule has 0 unspecified atom stereocenters. The van der Waals surface area contributed by atoms with E-state index < -0.39 is 10.0 Å². The van der Waals surface area contributed by atoms with Crippen LogP contribution >= 0.6 is 0 Å². The minimum atomic E-state index is -3.71. The highest BCUT2D eigenvalue weighted by Gasteiger charge is 2.30. The summed E-state index contributed by atoms with van der Waals surface area (Å²) in [5.74, 6) is -0.285. The molecule has 184 valence electrons. The monoisotopic (exact) mass is 483 g/mol. The van der Waals surface area contributed by atoms with Crippen LogP contribution in [0.2, 0.25) is 0 Å². The van der Waals surface area contributed by atoms with Gasteiger partial charge in [-0.1, -0.05) is 43.9 Å². The zero-order chi connectivity index (χ0) is 24.1. The van der Waals surface area contributed by atoms with Crippen LogP contribution in [0.3, 0.4) is 0 Å². The zero-order valence-electron chi connectivity index (χ0n) is 20.5. The first-order chi connectivity index (χ1) is 16.4. The molecule has 4 rings (SSSR count). The number of aryl methyl sites for hydroxylation is 2. The van der Waals surface area contributed by atoms with E-state index >= 15 is 0 Å². The average molecular weight is 484 g/mol. The molecule has 1 amide bonds. The molecule has 7 heteroatoms. The zero-order valence-corrected chi connectivity index (χ0v) is 21.3. The van der Waals surface area contributed by atoms with Crippen LogP contribution < -0.4 is 10.2 Å². The molecule has 2 aromatic carbocycles. The Hall–Kier alpha value is -2.38. The number of carbonyl (C=O) groups is 1. The Morgan fingerprint density at radius 1 is 0.794 bits per heavy atom. The summed E-state index contributed by atoms with van der Waals surface area (Å²) in [4.78, 5) is 15.7. The summed E-state index contributed by atoms with van der Waals surface area (Å²) in [6.07, 6.45) is 8.32. The molecule has 0 aromatic heterocycles. The highest BCUT2D eigenvalue weighted by molar-refractivity contribution is 7.89. The lowest BCUT2D eigenvalue weighted by molar-refractivity contribution is 0.102. The third kappa shape index (κ3) is 5.47. The Kier molecular flexibility index (Phi) is 7.94. The Bertz CT molecular complexity index is 1090. The van der Waals surface area contributed by atoms with Gasteiger partial charge in [0.15, 0.2) is 0 Å². The van der Waals surface area contributed by atoms with Gasteiger partial charge in [0.1, 0.15) is 4.90 Å². The molecular weight excluding hydrogens is 446 g/mol. The second kappa shape index (κ2) is 10.9. The molecule has 0 atom stereocenters. The standard InChI is InChI=1S/C27H37N3O3S/c1-21-12-11-13-22(2)26(21)28-27(31)23-14-15-24(29-16-7-3-4-8-17-29)25(20-23)34(32,33)30-18-9-5-6-10-19-30/h11-15,20H,3-10,16-19H2,1-2H3,(H,28,31). The molecule has 2 fully saturated rings. The number of carbonyl (C=O) groups excluding carboxylic acids is 1. The predicted octanol–water partition coefficient (Wildman–Crippen LogP) is 5.50. The highest BCUT2D eigenvalue weighted by atomic mass is 32.2. The fourth-order valence-corrected chi connectivity index (χ4v) is 6.81. The van der Waals surface area contributed by atoms with E-state index in [0.717, 1.165) is 74.1 Å². The lowest BCUT2D eigenvalue weighted by Gasteiger charge is -2.28. The lowest BCUT2D eigenvalue weighted by atomic mass is 10.1. The van der Waals surface area contributed by atoms with Crippen molar-refractivity contribution in [1.82, 2.24) is 4.31 Å². The Morgan fingerprint density at radius 2 is 1.35 bits per heavy atom. The van der Waals surface area contributed by atoms with Crippen LogP contribution in [0.5, 0.6) is 0 Å². The molecule has 34 heavy (non-hydrogen) atoms. The maximum Gasteiger partial charge on any atom is 0.255 e. The second-order valence-corrected chi connectivity index (χ2v) is 11.5. The number of nitrogens with one attached hydrogen (secondary N) is 1. The summed E-state index contributed by atoms with van der Waals surface area (Å²) < 4.78 is 29.4. The van der Waals surface area contributed by atoms with E-state index in [-0.39, 0.29) is 10.8 Å². The number of hydrogen-bond donors (Lipinski definition) is 1. The van der Waals surface area contributed by atoms with Gasteiger partial charge in [-0.05, 0) is 68.9 Å². The molecule has 1 N–H and O–H groups in total. The van der Waals surface area contributed by atoms with Crippen molar-refractivity contribution in [3.8, 4) is 0 Å². The first kappa shape index (κ1) is 24.7. The summed E-state index contributed by atoms with van der Waals surface area (Å²) in [6, 6.07) is 11.1. The van der Waals surface area contributed by atoms with Crippen molar-refractivity contribution in [3.63, 3.8) is 0 Å². The summed E-state index contributed by atoms with van der Waals surface area (Å²) in [5.41, 5.74) is 3.84. The van der Waals surface area contributed by atoms with Crippen molar-refractivity contribution in [2.75, 3.05) is 36.4 Å². The van der Waals surface area contributed by atoms with Gasteiger partial charge < -0.3 is 10.2 Å². The van der Waals surface area contributed by atoms with Gasteiger partial charge in [-0.3, -0.25) is 4.79 Å². The predicted molar refractivity (Wildman–Crippen MR) is 138 cm³/mol. The van der Waals surface area contributed by atoms with Gasteiger partial charge >= 0.3 is 0 Å². The Labute approximate surface area is 204 Å². The van der Waals surface area contributed by atoms with Crippen LogP contribution in [0.1, 0.15) is 72.9 Å². The van der Waals surface area contributed by atoms with Gasteiger partial charge in [0.05, 0.1) is 5.69 Å². The van der Waals surface area contributed by atoms with Gasteiger partial charge in [-0.15, -0.1) is 0 Å². The molecule has 2 heterocycles. The molecule has 2 aromatic rings. The van der Waals surface area contributed by atoms with Gasteiger partial charge in [0.25, 0.3) is 5.91 Å². The van der Waals surface area contributed by atoms with Gasteiger partial charge in [0.2, 0.25) is 10.0 Å². The SMILES string of the molecule is Cc1cccc(C)c1NC(=O)c1ccc(N2CCCCCC2)c(S(=O)(=O)N2CCCCCC2)c1. The van der Waals surface area contributed by atoms with E-state index in [1.807, 2.05) is 38.1 Å². The molecule has 2 aliphatic heterocycles. The topological polar surface area (TPSA) is 69.7 Å². The number of hydrogen-bond acceptors (Lipinski definition) is 4. The normalized spacial score (nSPS) is 18.2. The molecule has 6 nitrogen and oxygen atoms in total. The van der Waals surface area contributed by atoms with E-state index in [0.29, 0.717) is 18.7 Å². The number of para-hydroxylation sites is 1. The van der Waals surface area contributed by atoms with Crippen LogP contribution in [0.15, 0.2) is 41.3 Å². The second-order valence-electron chi connectivity index (χ2n) is 9.62. The van der Waals surface area contributed by atoms with Gasteiger partial charge in [-0.2, -0.15) is 4.31 Å². The molecule has 2 saturated heterocycles. The molecule has 2 aliphatic rings. The van der Waals surface area contributed by atoms with E-state index in [2.05, 4.69) is 10.2 Å². The number of benzene rings is 2. The molecule has 0 radical (unpaired) electrons. The van der Waals surface area contributed by atoms with E-state index in [9.17, 15) is 13.2 Å².